The van der Waals surface area contributed by atoms with Gasteiger partial charge < -0.3 is 15.7 Å². The van der Waals surface area contributed by atoms with E-state index in [-0.39, 0.29) is 25.0 Å². The number of rotatable bonds is 5. The van der Waals surface area contributed by atoms with Crippen LogP contribution in [0, 0.1) is 0 Å². The average molecular weight is 242 g/mol. The number of amides is 2. The van der Waals surface area contributed by atoms with Gasteiger partial charge in [-0.2, -0.15) is 11.3 Å². The molecule has 5 nitrogen and oxygen atoms in total. The van der Waals surface area contributed by atoms with Crippen LogP contribution in [0.15, 0.2) is 16.8 Å². The van der Waals surface area contributed by atoms with Gasteiger partial charge in [-0.15, -0.1) is 0 Å². The average Bonchev–Trinajstić information content (AvgIpc) is 2.69. The van der Waals surface area contributed by atoms with Crippen molar-refractivity contribution in [2.24, 2.45) is 0 Å². The standard InChI is InChI=1S/C10H14N2O3S/c1-7(8-3-5-16-6-8)12-10(15)11-4-2-9(13)14/h3,5-7H,2,4H2,1H3,(H,13,14)(H2,11,12,15). The molecule has 1 atom stereocenters. The van der Waals surface area contributed by atoms with Crippen LogP contribution in [0.25, 0.3) is 0 Å². The van der Waals surface area contributed by atoms with Gasteiger partial charge in [-0.25, -0.2) is 4.79 Å². The van der Waals surface area contributed by atoms with E-state index in [1.54, 1.807) is 11.3 Å². The lowest BCUT2D eigenvalue weighted by atomic mass is 10.2. The Balaban J connectivity index is 2.26. The number of carboxylic acids is 1. The summed E-state index contributed by atoms with van der Waals surface area (Å²) in [5.41, 5.74) is 1.04. The Bertz CT molecular complexity index is 351. The molecule has 0 bridgehead atoms. The minimum Gasteiger partial charge on any atom is -0.481 e. The Hall–Kier alpha value is -1.56. The molecule has 1 aromatic heterocycles. The van der Waals surface area contributed by atoms with Gasteiger partial charge in [0.05, 0.1) is 12.5 Å². The summed E-state index contributed by atoms with van der Waals surface area (Å²) in [7, 11) is 0. The normalized spacial score (nSPS) is 11.8. The second-order valence-electron chi connectivity index (χ2n) is 3.32. The first-order chi connectivity index (χ1) is 7.59. The summed E-state index contributed by atoms with van der Waals surface area (Å²) in [6, 6.07) is 1.52. The maximum atomic E-state index is 11.3. The molecule has 0 fully saturated rings. The Labute approximate surface area is 97.5 Å². The fourth-order valence-electron chi connectivity index (χ4n) is 1.14. The highest BCUT2D eigenvalue weighted by molar-refractivity contribution is 7.07. The highest BCUT2D eigenvalue weighted by Gasteiger charge is 2.09. The van der Waals surface area contributed by atoms with E-state index in [4.69, 9.17) is 5.11 Å². The third-order valence-electron chi connectivity index (χ3n) is 2.02. The van der Waals surface area contributed by atoms with Gasteiger partial charge in [-0.05, 0) is 29.3 Å². The molecule has 1 rings (SSSR count). The van der Waals surface area contributed by atoms with Crippen LogP contribution in [0.1, 0.15) is 24.9 Å². The van der Waals surface area contributed by atoms with E-state index < -0.39 is 5.97 Å². The van der Waals surface area contributed by atoms with Crippen LogP contribution in [0.4, 0.5) is 4.79 Å². The van der Waals surface area contributed by atoms with Crippen LogP contribution in [0.2, 0.25) is 0 Å². The van der Waals surface area contributed by atoms with Crippen molar-refractivity contribution in [2.75, 3.05) is 6.54 Å². The zero-order valence-electron chi connectivity index (χ0n) is 8.90. The summed E-state index contributed by atoms with van der Waals surface area (Å²) in [5, 5.41) is 17.5. The fraction of sp³-hybridized carbons (Fsp3) is 0.400. The van der Waals surface area contributed by atoms with Crippen LogP contribution in [0.5, 0.6) is 0 Å². The van der Waals surface area contributed by atoms with Gasteiger partial charge in [0.25, 0.3) is 0 Å². The molecule has 0 aliphatic heterocycles. The van der Waals surface area contributed by atoms with Crippen molar-refractivity contribution in [3.8, 4) is 0 Å². The van der Waals surface area contributed by atoms with Crippen molar-refractivity contribution in [1.29, 1.82) is 0 Å². The summed E-state index contributed by atoms with van der Waals surface area (Å²) < 4.78 is 0. The molecule has 3 N–H and O–H groups in total. The lowest BCUT2D eigenvalue weighted by Crippen LogP contribution is -2.37. The summed E-state index contributed by atoms with van der Waals surface area (Å²) in [5.74, 6) is -0.925. The molecular weight excluding hydrogens is 228 g/mol. The highest BCUT2D eigenvalue weighted by Crippen LogP contribution is 2.14. The number of aliphatic carboxylic acids is 1. The van der Waals surface area contributed by atoms with E-state index in [0.29, 0.717) is 0 Å². The quantitative estimate of drug-likeness (QED) is 0.733. The van der Waals surface area contributed by atoms with E-state index in [1.165, 1.54) is 0 Å². The largest absolute Gasteiger partial charge is 0.481 e. The summed E-state index contributed by atoms with van der Waals surface area (Å²) in [6.45, 7) is 2.01. The molecular formula is C10H14N2O3S. The first-order valence-electron chi connectivity index (χ1n) is 4.88. The lowest BCUT2D eigenvalue weighted by Gasteiger charge is -2.12. The molecule has 0 spiro atoms. The van der Waals surface area contributed by atoms with E-state index >= 15 is 0 Å². The van der Waals surface area contributed by atoms with E-state index in [0.717, 1.165) is 5.56 Å². The van der Waals surface area contributed by atoms with Crippen molar-refractivity contribution in [3.05, 3.63) is 22.4 Å². The van der Waals surface area contributed by atoms with Gasteiger partial charge >= 0.3 is 12.0 Å². The number of urea groups is 1. The predicted octanol–water partition coefficient (Wildman–Crippen LogP) is 1.58. The minimum absolute atomic E-state index is 0.0692. The third-order valence-corrected chi connectivity index (χ3v) is 2.72. The molecule has 0 aliphatic rings. The molecule has 0 saturated carbocycles. The maximum Gasteiger partial charge on any atom is 0.315 e. The lowest BCUT2D eigenvalue weighted by molar-refractivity contribution is -0.136. The van der Waals surface area contributed by atoms with Gasteiger partial charge in [0.1, 0.15) is 0 Å². The molecule has 16 heavy (non-hydrogen) atoms. The van der Waals surface area contributed by atoms with Crippen LogP contribution >= 0.6 is 11.3 Å². The molecule has 2 amide bonds. The van der Waals surface area contributed by atoms with Crippen LogP contribution in [-0.2, 0) is 4.79 Å². The Morgan fingerprint density at radius 3 is 2.88 bits per heavy atom. The molecule has 1 heterocycles. The van der Waals surface area contributed by atoms with Crippen LogP contribution in [-0.4, -0.2) is 23.7 Å². The van der Waals surface area contributed by atoms with Crippen molar-refractivity contribution in [3.63, 3.8) is 0 Å². The Morgan fingerprint density at radius 1 is 1.56 bits per heavy atom. The Morgan fingerprint density at radius 2 is 2.31 bits per heavy atom. The van der Waals surface area contributed by atoms with Gasteiger partial charge in [0, 0.05) is 6.54 Å². The van der Waals surface area contributed by atoms with E-state index in [9.17, 15) is 9.59 Å². The van der Waals surface area contributed by atoms with Crippen LogP contribution in [0.3, 0.4) is 0 Å². The fourth-order valence-corrected chi connectivity index (χ4v) is 1.89. The summed E-state index contributed by atoms with van der Waals surface area (Å²) >= 11 is 1.57. The molecule has 88 valence electrons. The molecule has 6 heteroatoms. The number of carbonyl (C=O) groups is 2. The molecule has 0 aliphatic carbocycles. The number of thiophene rings is 1. The molecule has 1 aromatic rings. The monoisotopic (exact) mass is 242 g/mol. The molecule has 0 saturated heterocycles. The van der Waals surface area contributed by atoms with E-state index in [1.807, 2.05) is 23.8 Å². The SMILES string of the molecule is CC(NC(=O)NCCC(=O)O)c1ccsc1. The second-order valence-corrected chi connectivity index (χ2v) is 4.10. The van der Waals surface area contributed by atoms with Crippen molar-refractivity contribution in [2.45, 2.75) is 19.4 Å². The Kier molecular flexibility index (Phi) is 4.78. The first kappa shape index (κ1) is 12.5. The van der Waals surface area contributed by atoms with Crippen LogP contribution < -0.4 is 10.6 Å². The third kappa shape index (κ3) is 4.31. The van der Waals surface area contributed by atoms with Gasteiger partial charge in [-0.3, -0.25) is 4.79 Å². The molecule has 1 unspecified atom stereocenters. The van der Waals surface area contributed by atoms with Gasteiger partial charge in [-0.1, -0.05) is 0 Å². The molecule has 0 radical (unpaired) electrons. The predicted molar refractivity (Wildman–Crippen MR) is 61.5 cm³/mol. The van der Waals surface area contributed by atoms with Gasteiger partial charge in [0.15, 0.2) is 0 Å². The number of nitrogens with one attached hydrogen (secondary N) is 2. The number of carboxylic acid groups (broad SMARTS) is 1. The topological polar surface area (TPSA) is 78.4 Å². The number of carbonyl (C=O) groups excluding carboxylic acids is 1. The van der Waals surface area contributed by atoms with Crippen molar-refractivity contribution >= 4 is 23.3 Å². The zero-order valence-corrected chi connectivity index (χ0v) is 9.71. The highest BCUT2D eigenvalue weighted by atomic mass is 32.1. The summed E-state index contributed by atoms with van der Waals surface area (Å²) in [6.07, 6.45) is -0.0692. The van der Waals surface area contributed by atoms with E-state index in [2.05, 4.69) is 10.6 Å². The zero-order chi connectivity index (χ0) is 12.0. The second kappa shape index (κ2) is 6.12. The van der Waals surface area contributed by atoms with Crippen molar-refractivity contribution in [1.82, 2.24) is 10.6 Å². The maximum absolute atomic E-state index is 11.3. The number of hydrogen-bond acceptors (Lipinski definition) is 3. The van der Waals surface area contributed by atoms with Crippen molar-refractivity contribution < 1.29 is 14.7 Å². The first-order valence-corrected chi connectivity index (χ1v) is 5.82. The number of hydrogen-bond donors (Lipinski definition) is 3. The smallest absolute Gasteiger partial charge is 0.315 e. The van der Waals surface area contributed by atoms with Gasteiger partial charge in [0.2, 0.25) is 0 Å². The summed E-state index contributed by atoms with van der Waals surface area (Å²) in [4.78, 5) is 21.5. The molecule has 0 aromatic carbocycles. The minimum atomic E-state index is -0.925.